The third-order valence-corrected chi connectivity index (χ3v) is 2.84. The Morgan fingerprint density at radius 2 is 1.94 bits per heavy atom. The average Bonchev–Trinajstić information content (AvgIpc) is 3.04. The summed E-state index contributed by atoms with van der Waals surface area (Å²) in [6, 6.07) is 0.353. The average molecular weight is 284 g/mol. The van der Waals surface area contributed by atoms with Gasteiger partial charge < -0.3 is 9.30 Å². The molecule has 1 aromatic rings. The van der Waals surface area contributed by atoms with E-state index in [2.05, 4.69) is 14.9 Å². The Bertz CT molecular complexity index is 404. The number of nitrogens with zero attached hydrogens (tertiary/aromatic N) is 3. The first kappa shape index (κ1) is 13.6. The summed E-state index contributed by atoms with van der Waals surface area (Å²) in [4.78, 5) is 0. The fourth-order valence-electron chi connectivity index (χ4n) is 1.73. The highest BCUT2D eigenvalue weighted by atomic mass is 35.5. The molecule has 1 aliphatic carbocycles. The second-order valence-corrected chi connectivity index (χ2v) is 4.45. The van der Waals surface area contributed by atoms with Crippen LogP contribution in [0, 0.1) is 0 Å². The van der Waals surface area contributed by atoms with Crippen LogP contribution in [0.5, 0.6) is 0 Å². The first-order valence-electron chi connectivity index (χ1n) is 5.64. The summed E-state index contributed by atoms with van der Waals surface area (Å²) in [6.07, 6.45) is -1.89. The molecule has 0 spiro atoms. The van der Waals surface area contributed by atoms with Gasteiger partial charge >= 0.3 is 6.18 Å². The molecule has 0 saturated heterocycles. The standard InChI is InChI=1S/C10H13ClF3N3O/c11-5-9-16-15-8(17(9)7-1-2-7)3-4-18-6-10(12,13)14/h7H,1-6H2. The van der Waals surface area contributed by atoms with E-state index in [1.807, 2.05) is 4.57 Å². The molecule has 0 N–H and O–H groups in total. The number of hydrogen-bond donors (Lipinski definition) is 0. The van der Waals surface area contributed by atoms with Crippen LogP contribution < -0.4 is 0 Å². The molecule has 0 bridgehead atoms. The van der Waals surface area contributed by atoms with Crippen molar-refractivity contribution in [1.82, 2.24) is 14.8 Å². The van der Waals surface area contributed by atoms with Crippen molar-refractivity contribution in [2.45, 2.75) is 37.4 Å². The Morgan fingerprint density at radius 3 is 2.50 bits per heavy atom. The molecule has 1 saturated carbocycles. The minimum atomic E-state index is -4.29. The quantitative estimate of drug-likeness (QED) is 0.595. The van der Waals surface area contributed by atoms with E-state index in [0.29, 0.717) is 24.1 Å². The zero-order chi connectivity index (χ0) is 13.2. The molecule has 1 aliphatic rings. The Hall–Kier alpha value is -0.820. The molecule has 1 aromatic heterocycles. The maximum absolute atomic E-state index is 11.9. The van der Waals surface area contributed by atoms with Crippen molar-refractivity contribution in [1.29, 1.82) is 0 Å². The molecule has 102 valence electrons. The summed E-state index contributed by atoms with van der Waals surface area (Å²) >= 11 is 5.74. The molecule has 8 heteroatoms. The maximum Gasteiger partial charge on any atom is 0.411 e. The number of ether oxygens (including phenoxy) is 1. The first-order valence-corrected chi connectivity index (χ1v) is 6.18. The summed E-state index contributed by atoms with van der Waals surface area (Å²) in [5, 5.41) is 7.88. The molecular weight excluding hydrogens is 271 g/mol. The van der Waals surface area contributed by atoms with Crippen molar-refractivity contribution in [2.75, 3.05) is 13.2 Å². The van der Waals surface area contributed by atoms with Crippen LogP contribution in [0.3, 0.4) is 0 Å². The Labute approximate surface area is 107 Å². The molecule has 0 aliphatic heterocycles. The van der Waals surface area contributed by atoms with E-state index in [-0.39, 0.29) is 12.5 Å². The number of aromatic nitrogens is 3. The van der Waals surface area contributed by atoms with E-state index in [1.54, 1.807) is 0 Å². The summed E-state index contributed by atoms with van der Waals surface area (Å²) in [5.41, 5.74) is 0. The van der Waals surface area contributed by atoms with Crippen LogP contribution >= 0.6 is 11.6 Å². The van der Waals surface area contributed by atoms with E-state index in [9.17, 15) is 13.2 Å². The van der Waals surface area contributed by atoms with Crippen LogP contribution in [0.15, 0.2) is 0 Å². The number of hydrogen-bond acceptors (Lipinski definition) is 3. The highest BCUT2D eigenvalue weighted by Crippen LogP contribution is 2.36. The Balaban J connectivity index is 1.87. The van der Waals surface area contributed by atoms with Gasteiger partial charge in [-0.15, -0.1) is 21.8 Å². The van der Waals surface area contributed by atoms with Crippen molar-refractivity contribution in [3.05, 3.63) is 11.6 Å². The van der Waals surface area contributed by atoms with Gasteiger partial charge in [0.25, 0.3) is 0 Å². The third-order valence-electron chi connectivity index (χ3n) is 2.60. The molecule has 2 rings (SSSR count). The van der Waals surface area contributed by atoms with Gasteiger partial charge in [0.05, 0.1) is 12.5 Å². The molecule has 1 heterocycles. The molecule has 0 atom stereocenters. The van der Waals surface area contributed by atoms with Gasteiger partial charge in [0.1, 0.15) is 18.3 Å². The predicted molar refractivity (Wildman–Crippen MR) is 58.4 cm³/mol. The van der Waals surface area contributed by atoms with Crippen LogP contribution in [0.1, 0.15) is 30.5 Å². The number of halogens is 4. The molecule has 0 aromatic carbocycles. The van der Waals surface area contributed by atoms with Gasteiger partial charge in [-0.05, 0) is 12.8 Å². The van der Waals surface area contributed by atoms with Crippen LogP contribution in [0.25, 0.3) is 0 Å². The largest absolute Gasteiger partial charge is 0.411 e. The van der Waals surface area contributed by atoms with Crippen molar-refractivity contribution < 1.29 is 17.9 Å². The van der Waals surface area contributed by atoms with E-state index >= 15 is 0 Å². The van der Waals surface area contributed by atoms with E-state index in [1.165, 1.54) is 0 Å². The Morgan fingerprint density at radius 1 is 1.28 bits per heavy atom. The summed E-state index contributed by atoms with van der Waals surface area (Å²) in [7, 11) is 0. The molecule has 0 amide bonds. The lowest BCUT2D eigenvalue weighted by Gasteiger charge is -2.09. The van der Waals surface area contributed by atoms with Gasteiger partial charge in [-0.3, -0.25) is 0 Å². The second kappa shape index (κ2) is 5.44. The summed E-state index contributed by atoms with van der Waals surface area (Å²) in [5.74, 6) is 1.58. The monoisotopic (exact) mass is 283 g/mol. The minimum Gasteiger partial charge on any atom is -0.372 e. The first-order chi connectivity index (χ1) is 8.51. The lowest BCUT2D eigenvalue weighted by atomic mass is 10.4. The van der Waals surface area contributed by atoms with Crippen molar-refractivity contribution >= 4 is 11.6 Å². The zero-order valence-electron chi connectivity index (χ0n) is 9.58. The number of rotatable bonds is 6. The van der Waals surface area contributed by atoms with Crippen molar-refractivity contribution in [3.63, 3.8) is 0 Å². The topological polar surface area (TPSA) is 39.9 Å². The molecule has 0 radical (unpaired) electrons. The second-order valence-electron chi connectivity index (χ2n) is 4.19. The van der Waals surface area contributed by atoms with Crippen LogP contribution in [0.2, 0.25) is 0 Å². The predicted octanol–water partition coefficient (Wildman–Crippen LogP) is 2.47. The van der Waals surface area contributed by atoms with Crippen LogP contribution in [-0.2, 0) is 17.0 Å². The zero-order valence-corrected chi connectivity index (χ0v) is 10.3. The van der Waals surface area contributed by atoms with Gasteiger partial charge in [-0.1, -0.05) is 0 Å². The lowest BCUT2D eigenvalue weighted by Crippen LogP contribution is -2.18. The highest BCUT2D eigenvalue weighted by Gasteiger charge is 2.30. The molecular formula is C10H13ClF3N3O. The molecule has 1 fully saturated rings. The van der Waals surface area contributed by atoms with Crippen LogP contribution in [0.4, 0.5) is 13.2 Å². The van der Waals surface area contributed by atoms with Crippen molar-refractivity contribution in [3.8, 4) is 0 Å². The molecule has 4 nitrogen and oxygen atoms in total. The number of alkyl halides is 4. The minimum absolute atomic E-state index is 0.0212. The van der Waals surface area contributed by atoms with Gasteiger partial charge in [0.2, 0.25) is 0 Å². The maximum atomic E-state index is 11.9. The molecule has 0 unspecified atom stereocenters. The highest BCUT2D eigenvalue weighted by molar-refractivity contribution is 6.16. The van der Waals surface area contributed by atoms with Crippen molar-refractivity contribution in [2.24, 2.45) is 0 Å². The van der Waals surface area contributed by atoms with E-state index < -0.39 is 12.8 Å². The summed E-state index contributed by atoms with van der Waals surface area (Å²) in [6.45, 7) is -1.25. The van der Waals surface area contributed by atoms with Crippen LogP contribution in [-0.4, -0.2) is 34.2 Å². The van der Waals surface area contributed by atoms with E-state index in [0.717, 1.165) is 12.8 Å². The van der Waals surface area contributed by atoms with E-state index in [4.69, 9.17) is 11.6 Å². The Kier molecular flexibility index (Phi) is 4.11. The SMILES string of the molecule is FC(F)(F)COCCc1nnc(CCl)n1C1CC1. The normalized spacial score (nSPS) is 16.2. The van der Waals surface area contributed by atoms with Gasteiger partial charge in [-0.2, -0.15) is 13.2 Å². The summed E-state index contributed by atoms with van der Waals surface area (Å²) < 4.78 is 42.1. The van der Waals surface area contributed by atoms with Gasteiger partial charge in [0, 0.05) is 12.5 Å². The lowest BCUT2D eigenvalue weighted by molar-refractivity contribution is -0.173. The van der Waals surface area contributed by atoms with Gasteiger partial charge in [-0.25, -0.2) is 0 Å². The molecule has 18 heavy (non-hydrogen) atoms. The fraction of sp³-hybridized carbons (Fsp3) is 0.800. The van der Waals surface area contributed by atoms with Gasteiger partial charge in [0.15, 0.2) is 0 Å². The smallest absolute Gasteiger partial charge is 0.372 e. The third kappa shape index (κ3) is 3.58. The fourth-order valence-corrected chi connectivity index (χ4v) is 1.91.